The second-order valence-electron chi connectivity index (χ2n) is 4.79. The largest absolute Gasteiger partial charge is 0.507 e. The number of carbonyl (C=O) groups is 1. The maximum Gasteiger partial charge on any atom is 0.191 e. The van der Waals surface area contributed by atoms with Crippen LogP contribution in [0.4, 0.5) is 0 Å². The van der Waals surface area contributed by atoms with Gasteiger partial charge in [0.05, 0.1) is 5.56 Å². The van der Waals surface area contributed by atoms with Gasteiger partial charge in [0.1, 0.15) is 22.5 Å². The number of aliphatic hydroxyl groups excluding tert-OH is 1. The third-order valence-corrected chi connectivity index (χ3v) is 3.74. The van der Waals surface area contributed by atoms with Crippen LogP contribution >= 0.6 is 15.9 Å². The summed E-state index contributed by atoms with van der Waals surface area (Å²) in [5.41, 5.74) is 0.901. The van der Waals surface area contributed by atoms with E-state index in [1.807, 2.05) is 18.2 Å². The molecule has 0 aromatic heterocycles. The highest BCUT2D eigenvalue weighted by atomic mass is 79.9. The summed E-state index contributed by atoms with van der Waals surface area (Å²) in [7, 11) is 5.88. The summed E-state index contributed by atoms with van der Waals surface area (Å²) in [4.78, 5) is 11.6. The topological polar surface area (TPSA) is 66.8 Å². The molecule has 3 rings (SSSR count). The van der Waals surface area contributed by atoms with Crippen LogP contribution in [0.3, 0.4) is 0 Å². The van der Waals surface area contributed by atoms with Crippen molar-refractivity contribution in [3.05, 3.63) is 41.5 Å². The van der Waals surface area contributed by atoms with Crippen molar-refractivity contribution < 1.29 is 19.7 Å². The number of alkyl halides is 1. The van der Waals surface area contributed by atoms with Gasteiger partial charge in [-0.15, -0.1) is 0 Å². The molecule has 104 valence electrons. The van der Waals surface area contributed by atoms with Crippen molar-refractivity contribution in [3.63, 3.8) is 0 Å². The zero-order valence-corrected chi connectivity index (χ0v) is 12.4. The molecular formula is C15H10BBrO4. The van der Waals surface area contributed by atoms with E-state index >= 15 is 0 Å². The Kier molecular flexibility index (Phi) is 3.30. The van der Waals surface area contributed by atoms with Crippen molar-refractivity contribution in [3.8, 4) is 11.5 Å². The van der Waals surface area contributed by atoms with Crippen LogP contribution < -0.4 is 4.74 Å². The van der Waals surface area contributed by atoms with E-state index in [4.69, 9.17) is 17.7 Å². The van der Waals surface area contributed by atoms with Crippen molar-refractivity contribution in [2.24, 2.45) is 0 Å². The number of aliphatic hydroxyl groups is 1. The van der Waals surface area contributed by atoms with Gasteiger partial charge < -0.3 is 14.9 Å². The Morgan fingerprint density at radius 2 is 2.14 bits per heavy atom. The maximum absolute atomic E-state index is 11.6. The van der Waals surface area contributed by atoms with Crippen LogP contribution in [0.15, 0.2) is 30.3 Å². The van der Waals surface area contributed by atoms with E-state index in [9.17, 15) is 9.90 Å². The smallest absolute Gasteiger partial charge is 0.191 e. The summed E-state index contributed by atoms with van der Waals surface area (Å²) >= 11 is 3.23. The predicted octanol–water partition coefficient (Wildman–Crippen LogP) is 2.34. The minimum absolute atomic E-state index is 0.0779. The standard InChI is InChI=1S/C15H10BBrO4/c16-15(17)4-3-8-1-2-9-5-11(13(20)7-18)12(19)6-10(9)14(8)21-15/h1-6,18-19H,7H2. The zero-order valence-electron chi connectivity index (χ0n) is 10.8. The van der Waals surface area contributed by atoms with E-state index in [1.165, 1.54) is 12.1 Å². The Morgan fingerprint density at radius 3 is 2.86 bits per heavy atom. The lowest BCUT2D eigenvalue weighted by Gasteiger charge is -2.28. The van der Waals surface area contributed by atoms with Crippen LogP contribution in [0.5, 0.6) is 11.5 Å². The number of halogens is 1. The number of ketones is 1. The van der Waals surface area contributed by atoms with Crippen molar-refractivity contribution in [2.75, 3.05) is 6.61 Å². The van der Waals surface area contributed by atoms with Gasteiger partial charge in [-0.05, 0) is 39.5 Å². The van der Waals surface area contributed by atoms with Crippen LogP contribution in [-0.4, -0.2) is 34.9 Å². The third-order valence-electron chi connectivity index (χ3n) is 3.31. The van der Waals surface area contributed by atoms with E-state index in [1.54, 1.807) is 6.08 Å². The first-order chi connectivity index (χ1) is 9.91. The van der Waals surface area contributed by atoms with Gasteiger partial charge >= 0.3 is 0 Å². The third kappa shape index (κ3) is 2.45. The molecule has 2 N–H and O–H groups in total. The Morgan fingerprint density at radius 1 is 1.38 bits per heavy atom. The molecule has 1 heterocycles. The lowest BCUT2D eigenvalue weighted by Crippen LogP contribution is -2.28. The number of benzene rings is 2. The molecule has 0 spiro atoms. The molecule has 4 nitrogen and oxygen atoms in total. The number of aromatic hydroxyl groups is 1. The molecule has 0 saturated heterocycles. The molecule has 2 aromatic rings. The Hall–Kier alpha value is -1.79. The van der Waals surface area contributed by atoms with Gasteiger partial charge in [0.25, 0.3) is 0 Å². The first-order valence-electron chi connectivity index (χ1n) is 6.21. The van der Waals surface area contributed by atoms with E-state index in [0.717, 1.165) is 5.56 Å². The van der Waals surface area contributed by atoms with Crippen LogP contribution in [0, 0.1) is 0 Å². The average molecular weight is 345 g/mol. The molecule has 0 amide bonds. The molecule has 1 atom stereocenters. The number of hydrogen-bond donors (Lipinski definition) is 2. The molecule has 2 radical (unpaired) electrons. The minimum Gasteiger partial charge on any atom is -0.507 e. The highest BCUT2D eigenvalue weighted by Crippen LogP contribution is 2.40. The second-order valence-corrected chi connectivity index (χ2v) is 6.03. The van der Waals surface area contributed by atoms with Gasteiger partial charge in [-0.3, -0.25) is 4.79 Å². The van der Waals surface area contributed by atoms with Gasteiger partial charge in [0.15, 0.2) is 13.6 Å². The normalized spacial score (nSPS) is 20.1. The highest BCUT2D eigenvalue weighted by molar-refractivity contribution is 9.10. The first-order valence-corrected chi connectivity index (χ1v) is 7.00. The van der Waals surface area contributed by atoms with E-state index in [-0.39, 0.29) is 11.3 Å². The van der Waals surface area contributed by atoms with Crippen LogP contribution in [-0.2, 0) is 0 Å². The summed E-state index contributed by atoms with van der Waals surface area (Å²) in [5, 5.41) is 20.3. The summed E-state index contributed by atoms with van der Waals surface area (Å²) in [5.74, 6) is -0.223. The van der Waals surface area contributed by atoms with Gasteiger partial charge in [-0.25, -0.2) is 0 Å². The predicted molar refractivity (Wildman–Crippen MR) is 84.1 cm³/mol. The number of phenols is 1. The fraction of sp³-hybridized carbons (Fsp3) is 0.133. The summed E-state index contributed by atoms with van der Waals surface area (Å²) in [6.07, 6.45) is 3.49. The van der Waals surface area contributed by atoms with Gasteiger partial charge in [0, 0.05) is 10.9 Å². The molecule has 0 aliphatic carbocycles. The Labute approximate surface area is 130 Å². The van der Waals surface area contributed by atoms with Crippen molar-refractivity contribution >= 4 is 46.4 Å². The molecule has 6 heteroatoms. The van der Waals surface area contributed by atoms with Gasteiger partial charge in [0.2, 0.25) is 0 Å². The molecule has 0 bridgehead atoms. The maximum atomic E-state index is 11.6. The number of carbonyl (C=O) groups excluding carboxylic acids is 1. The molecule has 0 saturated carbocycles. The second kappa shape index (κ2) is 4.89. The van der Waals surface area contributed by atoms with Crippen molar-refractivity contribution in [1.82, 2.24) is 0 Å². The van der Waals surface area contributed by atoms with E-state index in [0.29, 0.717) is 16.5 Å². The lowest BCUT2D eigenvalue weighted by molar-refractivity contribution is 0.0901. The van der Waals surface area contributed by atoms with E-state index in [2.05, 4.69) is 15.9 Å². The fourth-order valence-corrected chi connectivity index (χ4v) is 2.59. The van der Waals surface area contributed by atoms with Crippen molar-refractivity contribution in [1.29, 1.82) is 0 Å². The summed E-state index contributed by atoms with van der Waals surface area (Å²) in [6.45, 7) is -0.656. The molecule has 1 unspecified atom stereocenters. The lowest BCUT2D eigenvalue weighted by atomic mass is 9.93. The number of fused-ring (bicyclic) bond motifs is 3. The monoisotopic (exact) mass is 344 g/mol. The Balaban J connectivity index is 2.25. The molecular weight excluding hydrogens is 335 g/mol. The summed E-state index contributed by atoms with van der Waals surface area (Å²) in [6, 6.07) is 6.62. The zero-order chi connectivity index (χ0) is 15.2. The first kappa shape index (κ1) is 14.2. The quantitative estimate of drug-likeness (QED) is 0.498. The van der Waals surface area contributed by atoms with Crippen LogP contribution in [0.1, 0.15) is 15.9 Å². The average Bonchev–Trinajstić information content (AvgIpc) is 2.45. The van der Waals surface area contributed by atoms with E-state index < -0.39 is 16.8 Å². The van der Waals surface area contributed by atoms with Crippen molar-refractivity contribution in [2.45, 2.75) is 4.41 Å². The van der Waals surface area contributed by atoms with Crippen LogP contribution in [0.2, 0.25) is 0 Å². The molecule has 0 fully saturated rings. The van der Waals surface area contributed by atoms with Gasteiger partial charge in [-0.1, -0.05) is 18.2 Å². The number of Topliss-reactive ketones (excluding diaryl/α,β-unsaturated/α-hetero) is 1. The number of hydrogen-bond acceptors (Lipinski definition) is 4. The highest BCUT2D eigenvalue weighted by Gasteiger charge is 2.25. The summed E-state index contributed by atoms with van der Waals surface area (Å²) < 4.78 is 4.57. The van der Waals surface area contributed by atoms with Crippen LogP contribution in [0.25, 0.3) is 16.8 Å². The molecule has 2 aromatic carbocycles. The van der Waals surface area contributed by atoms with Gasteiger partial charge in [-0.2, -0.15) is 0 Å². The molecule has 21 heavy (non-hydrogen) atoms. The minimum atomic E-state index is -1.11. The SMILES string of the molecule is [B]C1(Br)C=Cc2ccc3cc(C(=O)CO)c(O)cc3c2O1. The molecule has 1 aliphatic heterocycles. The fourth-order valence-electron chi connectivity index (χ4n) is 2.30. The number of phenolic OH excluding ortho intramolecular Hbond substituents is 1. The number of ether oxygens (including phenoxy) is 1. The molecule has 1 aliphatic rings. The number of rotatable bonds is 2. The Bertz CT molecular complexity index is 783.